The molecule has 2 nitrogen and oxygen atoms in total. The fourth-order valence-corrected chi connectivity index (χ4v) is 10.2. The average Bonchev–Trinajstić information content (AvgIpc) is 3.36. The van der Waals surface area contributed by atoms with Crippen LogP contribution in [0.2, 0.25) is 0 Å². The maximum Gasteiger partial charge on any atom is 0.333 e. The van der Waals surface area contributed by atoms with Gasteiger partial charge in [0.15, 0.2) is 0 Å². The molecule has 1 saturated carbocycles. The molecule has 2 atom stereocenters. The molecular weight excluding hydrogens is 591 g/mol. The van der Waals surface area contributed by atoms with Crippen LogP contribution >= 0.6 is 0 Å². The number of hydrogen-bond acceptors (Lipinski definition) is 2. The molecule has 3 aliphatic heterocycles. The molecule has 0 spiro atoms. The van der Waals surface area contributed by atoms with Gasteiger partial charge in [0.2, 0.25) is 0 Å². The van der Waals surface area contributed by atoms with Gasteiger partial charge in [-0.1, -0.05) is 118 Å². The normalized spacial score (nSPS) is 21.3. The molecule has 1 aliphatic carbocycles. The third-order valence-corrected chi connectivity index (χ3v) is 12.9. The first-order valence-corrected chi connectivity index (χ1v) is 18.6. The second-order valence-corrected chi connectivity index (χ2v) is 15.5. The quantitative estimate of drug-likeness (QED) is 0.174. The van der Waals surface area contributed by atoms with Gasteiger partial charge < -0.3 is 9.71 Å². The predicted octanol–water partition coefficient (Wildman–Crippen LogP) is 10.8. The van der Waals surface area contributed by atoms with E-state index in [1.807, 2.05) is 0 Å². The van der Waals surface area contributed by atoms with Gasteiger partial charge in [-0.05, 0) is 119 Å². The van der Waals surface area contributed by atoms with Crippen molar-refractivity contribution in [3.05, 3.63) is 132 Å². The Hall–Kier alpha value is -4.76. The van der Waals surface area contributed by atoms with Gasteiger partial charge in [-0.15, -0.1) is 0 Å². The lowest BCUT2D eigenvalue weighted by Gasteiger charge is -2.53. The van der Waals surface area contributed by atoms with Crippen molar-refractivity contribution in [2.75, 3.05) is 9.71 Å². The third kappa shape index (κ3) is 3.96. The summed E-state index contributed by atoms with van der Waals surface area (Å²) in [6, 6.07) is 46.4. The summed E-state index contributed by atoms with van der Waals surface area (Å²) >= 11 is 0. The number of nitrogens with zero attached hydrogens (tertiary/aromatic N) is 2. The Kier molecular flexibility index (Phi) is 6.33. The van der Waals surface area contributed by atoms with Crippen molar-refractivity contribution in [3.8, 4) is 22.3 Å². The van der Waals surface area contributed by atoms with Gasteiger partial charge in [0.1, 0.15) is 0 Å². The zero-order valence-electron chi connectivity index (χ0n) is 29.0. The molecule has 6 aromatic carbocycles. The fraction of sp³-hybridized carbons (Fsp3) is 0.261. The van der Waals surface area contributed by atoms with Crippen molar-refractivity contribution in [2.45, 2.75) is 76.7 Å². The van der Waals surface area contributed by atoms with E-state index in [0.29, 0.717) is 0 Å². The Morgan fingerprint density at radius 1 is 0.673 bits per heavy atom. The van der Waals surface area contributed by atoms with E-state index in [9.17, 15) is 0 Å². The number of fused-ring (bicyclic) bond motifs is 8. The van der Waals surface area contributed by atoms with Crippen LogP contribution in [-0.2, 0) is 11.8 Å². The average molecular weight is 635 g/mol. The standard InChI is InChI=1S/C46H43BN2/c1-4-5-16-31-25-39-44-40(26-31)47-43-38(37-27-33-19-12-13-20-34(33)29-41(37)49(47)36-21-10-7-11-22-36)28-35(32-17-8-6-9-18-32)30-42(43)48(44)46(3)24-15-14-23-45(39,46)2/h6-13,17-22,25-30H,4-5,14-16,23-24H2,1-3H3. The molecule has 3 heteroatoms. The van der Waals surface area contributed by atoms with Crippen LogP contribution in [0.4, 0.5) is 22.7 Å². The first kappa shape index (κ1) is 29.2. The summed E-state index contributed by atoms with van der Waals surface area (Å²) in [5.74, 6) is 0. The molecule has 10 rings (SSSR count). The molecule has 0 N–H and O–H groups in total. The first-order valence-electron chi connectivity index (χ1n) is 18.6. The summed E-state index contributed by atoms with van der Waals surface area (Å²) in [5.41, 5.74) is 16.9. The zero-order chi connectivity index (χ0) is 32.9. The smallest absolute Gasteiger partial charge is 0.333 e. The van der Waals surface area contributed by atoms with E-state index in [0.717, 1.165) is 6.42 Å². The van der Waals surface area contributed by atoms with Crippen LogP contribution in [0, 0.1) is 0 Å². The Balaban J connectivity index is 1.37. The molecule has 0 saturated heterocycles. The highest BCUT2D eigenvalue weighted by molar-refractivity contribution is 6.93. The summed E-state index contributed by atoms with van der Waals surface area (Å²) in [5, 5.41) is 2.58. The minimum atomic E-state index is 0.000995. The predicted molar refractivity (Wildman–Crippen MR) is 210 cm³/mol. The van der Waals surface area contributed by atoms with Crippen molar-refractivity contribution in [2.24, 2.45) is 0 Å². The highest BCUT2D eigenvalue weighted by Gasteiger charge is 2.61. The van der Waals surface area contributed by atoms with E-state index in [2.05, 4.69) is 152 Å². The highest BCUT2D eigenvalue weighted by atomic mass is 15.3. The van der Waals surface area contributed by atoms with Crippen LogP contribution in [0.5, 0.6) is 0 Å². The SMILES string of the molecule is CCCCc1cc2c3c(c1)C1(C)CCCCC1(C)N3c1cc(-c3ccccc3)cc3c1B2N(c1ccccc1)c1cc2ccccc2cc1-3. The van der Waals surface area contributed by atoms with Crippen molar-refractivity contribution in [1.82, 2.24) is 0 Å². The van der Waals surface area contributed by atoms with E-state index in [1.165, 1.54) is 111 Å². The monoisotopic (exact) mass is 634 g/mol. The van der Waals surface area contributed by atoms with Gasteiger partial charge in [-0.2, -0.15) is 0 Å². The van der Waals surface area contributed by atoms with Crippen LogP contribution < -0.4 is 20.6 Å². The zero-order valence-corrected chi connectivity index (χ0v) is 29.0. The molecule has 0 amide bonds. The largest absolute Gasteiger partial charge is 0.376 e. The first-order chi connectivity index (χ1) is 24.0. The summed E-state index contributed by atoms with van der Waals surface area (Å²) < 4.78 is 0. The van der Waals surface area contributed by atoms with E-state index in [-0.39, 0.29) is 17.8 Å². The van der Waals surface area contributed by atoms with Crippen LogP contribution in [0.25, 0.3) is 33.0 Å². The van der Waals surface area contributed by atoms with Gasteiger partial charge in [-0.25, -0.2) is 0 Å². The van der Waals surface area contributed by atoms with Gasteiger partial charge in [0, 0.05) is 33.7 Å². The number of para-hydroxylation sites is 1. The van der Waals surface area contributed by atoms with Gasteiger partial charge in [0.05, 0.1) is 5.54 Å². The Labute approximate surface area is 291 Å². The summed E-state index contributed by atoms with van der Waals surface area (Å²) in [6.07, 6.45) is 8.60. The summed E-state index contributed by atoms with van der Waals surface area (Å²) in [7, 11) is 0. The van der Waals surface area contributed by atoms with Crippen LogP contribution in [0.1, 0.15) is 70.4 Å². The van der Waals surface area contributed by atoms with Crippen molar-refractivity contribution < 1.29 is 0 Å². The molecule has 1 fully saturated rings. The number of aryl methyl sites for hydroxylation is 1. The Morgan fingerprint density at radius 3 is 2.16 bits per heavy atom. The van der Waals surface area contributed by atoms with Crippen LogP contribution in [-0.4, -0.2) is 12.4 Å². The summed E-state index contributed by atoms with van der Waals surface area (Å²) in [4.78, 5) is 5.57. The van der Waals surface area contributed by atoms with Crippen molar-refractivity contribution >= 4 is 51.3 Å². The molecule has 6 aromatic rings. The van der Waals surface area contributed by atoms with Gasteiger partial charge >= 0.3 is 6.85 Å². The lowest BCUT2D eigenvalue weighted by Crippen LogP contribution is -2.64. The highest BCUT2D eigenvalue weighted by Crippen LogP contribution is 2.62. The number of anilines is 4. The Bertz CT molecular complexity index is 2280. The summed E-state index contributed by atoms with van der Waals surface area (Å²) in [6.45, 7) is 7.61. The van der Waals surface area contributed by atoms with Gasteiger partial charge in [0.25, 0.3) is 0 Å². The second-order valence-electron chi connectivity index (χ2n) is 15.5. The van der Waals surface area contributed by atoms with E-state index in [1.54, 1.807) is 5.56 Å². The Morgan fingerprint density at radius 2 is 1.39 bits per heavy atom. The number of rotatable bonds is 5. The van der Waals surface area contributed by atoms with Gasteiger partial charge in [-0.3, -0.25) is 0 Å². The minimum absolute atomic E-state index is 0.000995. The van der Waals surface area contributed by atoms with Crippen LogP contribution in [0.15, 0.2) is 121 Å². The molecular formula is C46H43BN2. The van der Waals surface area contributed by atoms with E-state index >= 15 is 0 Å². The maximum atomic E-state index is 2.87. The van der Waals surface area contributed by atoms with E-state index in [4.69, 9.17) is 0 Å². The van der Waals surface area contributed by atoms with Crippen molar-refractivity contribution in [1.29, 1.82) is 0 Å². The molecule has 2 unspecified atom stereocenters. The molecule has 240 valence electrons. The molecule has 0 bridgehead atoms. The lowest BCUT2D eigenvalue weighted by atomic mass is 9.43. The number of unbranched alkanes of at least 4 members (excludes halogenated alkanes) is 1. The van der Waals surface area contributed by atoms with Crippen LogP contribution in [0.3, 0.4) is 0 Å². The molecule has 4 aliphatic rings. The molecule has 0 radical (unpaired) electrons. The topological polar surface area (TPSA) is 6.48 Å². The lowest BCUT2D eigenvalue weighted by molar-refractivity contribution is 0.195. The molecule has 49 heavy (non-hydrogen) atoms. The maximum absolute atomic E-state index is 2.87. The third-order valence-electron chi connectivity index (χ3n) is 12.9. The minimum Gasteiger partial charge on any atom is -0.376 e. The number of hydrogen-bond donors (Lipinski definition) is 0. The van der Waals surface area contributed by atoms with E-state index < -0.39 is 0 Å². The fourth-order valence-electron chi connectivity index (χ4n) is 10.2. The number of benzene rings is 6. The van der Waals surface area contributed by atoms with Crippen molar-refractivity contribution in [3.63, 3.8) is 0 Å². The molecule has 3 heterocycles. The molecule has 0 aromatic heterocycles. The second kappa shape index (κ2) is 10.6.